The van der Waals surface area contributed by atoms with Crippen LogP contribution in [0.15, 0.2) is 10.6 Å². The Morgan fingerprint density at radius 3 is 2.46 bits per heavy atom. The van der Waals surface area contributed by atoms with Crippen LogP contribution in [0.1, 0.15) is 33.6 Å². The lowest BCUT2D eigenvalue weighted by molar-refractivity contribution is -0.155. The summed E-state index contributed by atoms with van der Waals surface area (Å²) in [5, 5.41) is 9.17. The fraction of sp³-hybridized carbons (Fsp3) is 0.700. The number of carbonyl (C=O) groups is 1. The van der Waals surface area contributed by atoms with Gasteiger partial charge in [0, 0.05) is 0 Å². The third kappa shape index (κ3) is 1.66. The molecule has 0 radical (unpaired) electrons. The predicted molar refractivity (Wildman–Crippen MR) is 55.8 cm³/mol. The average molecular weight is 247 g/mol. The molecule has 0 aromatic carbocycles. The Bertz CT molecular complexity index is 268. The van der Waals surface area contributed by atoms with Crippen molar-refractivity contribution in [3.05, 3.63) is 10.6 Å². The molecule has 74 valence electrons. The molecule has 0 bridgehead atoms. The highest BCUT2D eigenvalue weighted by Gasteiger charge is 2.48. The Morgan fingerprint density at radius 1 is 1.54 bits per heavy atom. The first kappa shape index (κ1) is 10.8. The van der Waals surface area contributed by atoms with Crippen molar-refractivity contribution in [2.75, 3.05) is 0 Å². The Balaban J connectivity index is 3.07. The second-order valence-electron chi connectivity index (χ2n) is 4.55. The molecule has 13 heavy (non-hydrogen) atoms. The van der Waals surface area contributed by atoms with Crippen LogP contribution in [0.25, 0.3) is 0 Å². The highest BCUT2D eigenvalue weighted by atomic mass is 79.9. The van der Waals surface area contributed by atoms with E-state index in [0.717, 1.165) is 10.9 Å². The Labute approximate surface area is 87.2 Å². The number of aliphatic carboxylic acids is 1. The van der Waals surface area contributed by atoms with Gasteiger partial charge in [-0.3, -0.25) is 4.79 Å². The van der Waals surface area contributed by atoms with E-state index < -0.39 is 11.4 Å². The molecular weight excluding hydrogens is 232 g/mol. The molecule has 1 aliphatic carbocycles. The van der Waals surface area contributed by atoms with Crippen LogP contribution in [0.2, 0.25) is 0 Å². The maximum absolute atomic E-state index is 11.2. The van der Waals surface area contributed by atoms with Crippen LogP contribution < -0.4 is 0 Å². The standard InChI is InChI=1S/C10H15BrO2/c1-9(2)6-7(11)4-5-10(9,3)8(12)13/h4H,5-6H2,1-3H3,(H,12,13)/t10-/m0/s1. The van der Waals surface area contributed by atoms with Crippen molar-refractivity contribution in [1.82, 2.24) is 0 Å². The van der Waals surface area contributed by atoms with E-state index in [1.54, 1.807) is 0 Å². The van der Waals surface area contributed by atoms with Crippen LogP contribution in [0, 0.1) is 10.8 Å². The minimum atomic E-state index is -0.700. The van der Waals surface area contributed by atoms with Crippen LogP contribution in [0.4, 0.5) is 0 Å². The maximum Gasteiger partial charge on any atom is 0.310 e. The lowest BCUT2D eigenvalue weighted by Crippen LogP contribution is -2.43. The molecular formula is C10H15BrO2. The molecule has 1 N–H and O–H groups in total. The summed E-state index contributed by atoms with van der Waals surface area (Å²) in [6.07, 6.45) is 3.38. The van der Waals surface area contributed by atoms with Crippen molar-refractivity contribution in [1.29, 1.82) is 0 Å². The molecule has 2 nitrogen and oxygen atoms in total. The monoisotopic (exact) mass is 246 g/mol. The molecule has 0 amide bonds. The van der Waals surface area contributed by atoms with E-state index in [-0.39, 0.29) is 5.41 Å². The molecule has 0 unspecified atom stereocenters. The molecule has 3 heteroatoms. The summed E-state index contributed by atoms with van der Waals surface area (Å²) < 4.78 is 1.12. The van der Waals surface area contributed by atoms with E-state index in [0.29, 0.717) is 6.42 Å². The van der Waals surface area contributed by atoms with Gasteiger partial charge in [-0.2, -0.15) is 0 Å². The quantitative estimate of drug-likeness (QED) is 0.772. The summed E-state index contributed by atoms with van der Waals surface area (Å²) in [4.78, 5) is 11.2. The summed E-state index contributed by atoms with van der Waals surface area (Å²) in [6.45, 7) is 5.84. The molecule has 0 fully saturated rings. The average Bonchev–Trinajstić information content (AvgIpc) is 1.96. The molecule has 1 rings (SSSR count). The molecule has 0 aromatic heterocycles. The molecule has 0 spiro atoms. The molecule has 0 aliphatic heterocycles. The highest BCUT2D eigenvalue weighted by Crippen LogP contribution is 2.50. The number of halogens is 1. The third-order valence-electron chi connectivity index (χ3n) is 3.31. The predicted octanol–water partition coefficient (Wildman–Crippen LogP) is 3.18. The van der Waals surface area contributed by atoms with E-state index in [9.17, 15) is 9.90 Å². The number of hydrogen-bond donors (Lipinski definition) is 1. The zero-order valence-electron chi connectivity index (χ0n) is 8.22. The SMILES string of the molecule is CC1(C)CC(Br)=CC[C@@]1(C)C(=O)O. The lowest BCUT2D eigenvalue weighted by atomic mass is 9.61. The van der Waals surface area contributed by atoms with Crippen LogP contribution in [-0.4, -0.2) is 11.1 Å². The second-order valence-corrected chi connectivity index (χ2v) is 5.57. The fourth-order valence-corrected chi connectivity index (χ4v) is 2.52. The molecule has 0 saturated heterocycles. The number of hydrogen-bond acceptors (Lipinski definition) is 1. The minimum absolute atomic E-state index is 0.188. The number of rotatable bonds is 1. The summed E-state index contributed by atoms with van der Waals surface area (Å²) in [5.74, 6) is -0.700. The van der Waals surface area contributed by atoms with E-state index >= 15 is 0 Å². The Hall–Kier alpha value is -0.310. The van der Waals surface area contributed by atoms with Crippen LogP contribution >= 0.6 is 15.9 Å². The smallest absolute Gasteiger partial charge is 0.310 e. The van der Waals surface area contributed by atoms with Gasteiger partial charge in [-0.1, -0.05) is 35.9 Å². The van der Waals surface area contributed by atoms with Gasteiger partial charge >= 0.3 is 5.97 Å². The van der Waals surface area contributed by atoms with Crippen LogP contribution in [0.5, 0.6) is 0 Å². The lowest BCUT2D eigenvalue weighted by Gasteiger charge is -2.43. The maximum atomic E-state index is 11.2. The Kier molecular flexibility index (Phi) is 2.59. The minimum Gasteiger partial charge on any atom is -0.481 e. The fourth-order valence-electron chi connectivity index (χ4n) is 1.66. The van der Waals surface area contributed by atoms with Gasteiger partial charge in [0.05, 0.1) is 5.41 Å². The zero-order valence-corrected chi connectivity index (χ0v) is 9.81. The van der Waals surface area contributed by atoms with Crippen molar-refractivity contribution >= 4 is 21.9 Å². The number of carboxylic acid groups (broad SMARTS) is 1. The van der Waals surface area contributed by atoms with Crippen molar-refractivity contribution in [2.45, 2.75) is 33.6 Å². The summed E-state index contributed by atoms with van der Waals surface area (Å²) in [5.41, 5.74) is -0.823. The van der Waals surface area contributed by atoms with E-state index in [4.69, 9.17) is 0 Å². The number of allylic oxidation sites excluding steroid dienone is 2. The van der Waals surface area contributed by atoms with Crippen molar-refractivity contribution in [3.8, 4) is 0 Å². The molecule has 1 atom stereocenters. The first-order valence-electron chi connectivity index (χ1n) is 4.37. The molecule has 0 heterocycles. The normalized spacial score (nSPS) is 32.5. The van der Waals surface area contributed by atoms with E-state index in [2.05, 4.69) is 15.9 Å². The van der Waals surface area contributed by atoms with E-state index in [1.165, 1.54) is 0 Å². The second kappa shape index (κ2) is 3.12. The summed E-state index contributed by atoms with van der Waals surface area (Å²) in [6, 6.07) is 0. The largest absolute Gasteiger partial charge is 0.481 e. The van der Waals surface area contributed by atoms with Crippen LogP contribution in [-0.2, 0) is 4.79 Å². The number of carboxylic acids is 1. The molecule has 0 aromatic rings. The third-order valence-corrected chi connectivity index (χ3v) is 3.91. The van der Waals surface area contributed by atoms with Crippen molar-refractivity contribution in [3.63, 3.8) is 0 Å². The van der Waals surface area contributed by atoms with Gasteiger partial charge in [-0.15, -0.1) is 0 Å². The van der Waals surface area contributed by atoms with Gasteiger partial charge in [0.1, 0.15) is 0 Å². The first-order valence-corrected chi connectivity index (χ1v) is 5.17. The topological polar surface area (TPSA) is 37.3 Å². The molecule has 1 aliphatic rings. The van der Waals surface area contributed by atoms with Crippen molar-refractivity contribution < 1.29 is 9.90 Å². The highest BCUT2D eigenvalue weighted by molar-refractivity contribution is 9.11. The van der Waals surface area contributed by atoms with Gasteiger partial charge in [0.2, 0.25) is 0 Å². The van der Waals surface area contributed by atoms with Gasteiger partial charge in [0.25, 0.3) is 0 Å². The van der Waals surface area contributed by atoms with Crippen LogP contribution in [0.3, 0.4) is 0 Å². The van der Waals surface area contributed by atoms with Gasteiger partial charge in [-0.05, 0) is 29.7 Å². The van der Waals surface area contributed by atoms with Crippen molar-refractivity contribution in [2.24, 2.45) is 10.8 Å². The zero-order chi connectivity index (χ0) is 10.3. The van der Waals surface area contributed by atoms with E-state index in [1.807, 2.05) is 26.8 Å². The summed E-state index contributed by atoms with van der Waals surface area (Å²) in [7, 11) is 0. The Morgan fingerprint density at radius 2 is 2.08 bits per heavy atom. The molecule has 0 saturated carbocycles. The van der Waals surface area contributed by atoms with Gasteiger partial charge in [-0.25, -0.2) is 0 Å². The van der Waals surface area contributed by atoms with Gasteiger partial charge < -0.3 is 5.11 Å². The summed E-state index contributed by atoms with van der Waals surface area (Å²) >= 11 is 3.43. The van der Waals surface area contributed by atoms with Gasteiger partial charge in [0.15, 0.2) is 0 Å². The first-order chi connectivity index (χ1) is 5.79.